The lowest BCUT2D eigenvalue weighted by Crippen LogP contribution is -2.46. The molecule has 0 atom stereocenters. The van der Waals surface area contributed by atoms with E-state index in [9.17, 15) is 8.42 Å². The lowest BCUT2D eigenvalue weighted by molar-refractivity contribution is 0.456. The average Bonchev–Trinajstić information content (AvgIpc) is 2.46. The van der Waals surface area contributed by atoms with Crippen molar-refractivity contribution in [3.05, 3.63) is 24.3 Å². The fraction of sp³-hybridized carbons (Fsp3) is 0.571. The Kier molecular flexibility index (Phi) is 4.66. The van der Waals surface area contributed by atoms with Gasteiger partial charge in [-0.05, 0) is 31.2 Å². The van der Waals surface area contributed by atoms with Crippen LogP contribution in [0.5, 0.6) is 0 Å². The molecule has 0 unspecified atom stereocenters. The Labute approximate surface area is 125 Å². The summed E-state index contributed by atoms with van der Waals surface area (Å²) >= 11 is 1.83. The largest absolute Gasteiger partial charge is 0.370 e. The van der Waals surface area contributed by atoms with Crippen LogP contribution in [-0.2, 0) is 9.84 Å². The molecule has 2 N–H and O–H groups in total. The van der Waals surface area contributed by atoms with Gasteiger partial charge in [-0.3, -0.25) is 0 Å². The summed E-state index contributed by atoms with van der Waals surface area (Å²) in [6.45, 7) is 2.38. The van der Waals surface area contributed by atoms with E-state index in [0.29, 0.717) is 11.4 Å². The third-order valence-electron chi connectivity index (χ3n) is 4.09. The summed E-state index contributed by atoms with van der Waals surface area (Å²) in [5, 5.41) is 0. The maximum absolute atomic E-state index is 11.9. The first-order chi connectivity index (χ1) is 9.42. The quantitative estimate of drug-likeness (QED) is 0.917. The molecule has 0 amide bonds. The molecule has 1 aliphatic rings. The topological polar surface area (TPSA) is 63.4 Å². The molecule has 0 bridgehead atoms. The first-order valence-corrected chi connectivity index (χ1v) is 9.83. The van der Waals surface area contributed by atoms with Crippen molar-refractivity contribution in [3.63, 3.8) is 0 Å². The number of piperidine rings is 1. The van der Waals surface area contributed by atoms with Crippen LogP contribution < -0.4 is 10.6 Å². The van der Waals surface area contributed by atoms with Gasteiger partial charge in [0.25, 0.3) is 0 Å². The fourth-order valence-electron chi connectivity index (χ4n) is 2.68. The Bertz CT molecular complexity index is 558. The number of anilines is 1. The highest BCUT2D eigenvalue weighted by Crippen LogP contribution is 2.36. The third-order valence-corrected chi connectivity index (χ3v) is 6.67. The van der Waals surface area contributed by atoms with Gasteiger partial charge in [-0.15, -0.1) is 0 Å². The van der Waals surface area contributed by atoms with Crippen molar-refractivity contribution < 1.29 is 8.42 Å². The molecule has 20 heavy (non-hydrogen) atoms. The average molecular weight is 314 g/mol. The number of nitrogens with two attached hydrogens (primary N) is 1. The molecule has 1 saturated heterocycles. The van der Waals surface area contributed by atoms with E-state index >= 15 is 0 Å². The molecule has 0 radical (unpaired) electrons. The van der Waals surface area contributed by atoms with E-state index in [4.69, 9.17) is 5.73 Å². The molecule has 1 aromatic carbocycles. The number of hydrogen-bond acceptors (Lipinski definition) is 5. The van der Waals surface area contributed by atoms with Crippen LogP contribution in [0.15, 0.2) is 29.2 Å². The second kappa shape index (κ2) is 5.95. The van der Waals surface area contributed by atoms with E-state index in [1.54, 1.807) is 12.1 Å². The summed E-state index contributed by atoms with van der Waals surface area (Å²) in [6.07, 6.45) is 5.35. The minimum absolute atomic E-state index is 0.149. The Balaban J connectivity index is 2.24. The van der Waals surface area contributed by atoms with Crippen molar-refractivity contribution in [3.8, 4) is 0 Å². The minimum atomic E-state index is -3.19. The highest BCUT2D eigenvalue weighted by Gasteiger charge is 2.33. The zero-order valence-electron chi connectivity index (χ0n) is 12.0. The molecular formula is C14H22N2O2S2. The second-order valence-corrected chi connectivity index (χ2v) is 8.58. The smallest absolute Gasteiger partial charge is 0.177 e. The van der Waals surface area contributed by atoms with E-state index < -0.39 is 9.84 Å². The minimum Gasteiger partial charge on any atom is -0.370 e. The molecule has 0 aliphatic carbocycles. The van der Waals surface area contributed by atoms with Gasteiger partial charge in [0.1, 0.15) is 0 Å². The van der Waals surface area contributed by atoms with Crippen LogP contribution in [0.25, 0.3) is 0 Å². The lowest BCUT2D eigenvalue weighted by Gasteiger charge is -2.41. The van der Waals surface area contributed by atoms with Gasteiger partial charge in [0.15, 0.2) is 9.84 Å². The molecular weight excluding hydrogens is 292 g/mol. The van der Waals surface area contributed by atoms with E-state index in [-0.39, 0.29) is 4.75 Å². The second-order valence-electron chi connectivity index (χ2n) is 5.32. The third kappa shape index (κ3) is 3.13. The Morgan fingerprint density at radius 1 is 1.30 bits per heavy atom. The molecule has 0 saturated carbocycles. The molecule has 112 valence electrons. The molecule has 6 heteroatoms. The number of nitrogens with zero attached hydrogens (tertiary/aromatic N) is 1. The number of thioether (sulfide) groups is 1. The zero-order valence-corrected chi connectivity index (χ0v) is 13.6. The summed E-state index contributed by atoms with van der Waals surface area (Å²) in [5.74, 6) is 0. The predicted octanol–water partition coefficient (Wildman–Crippen LogP) is 1.75. The molecule has 4 nitrogen and oxygen atoms in total. The van der Waals surface area contributed by atoms with Gasteiger partial charge in [-0.2, -0.15) is 11.8 Å². The summed E-state index contributed by atoms with van der Waals surface area (Å²) in [7, 11) is -3.19. The van der Waals surface area contributed by atoms with Crippen molar-refractivity contribution in [2.75, 3.05) is 37.0 Å². The van der Waals surface area contributed by atoms with Gasteiger partial charge in [0.05, 0.1) is 10.6 Å². The van der Waals surface area contributed by atoms with Crippen molar-refractivity contribution in [1.29, 1.82) is 0 Å². The van der Waals surface area contributed by atoms with Gasteiger partial charge >= 0.3 is 0 Å². The molecule has 1 aromatic rings. The van der Waals surface area contributed by atoms with Gasteiger partial charge < -0.3 is 10.6 Å². The molecule has 1 aliphatic heterocycles. The summed E-state index contributed by atoms with van der Waals surface area (Å²) in [6, 6.07) is 7.24. The van der Waals surface area contributed by atoms with Crippen LogP contribution in [0.2, 0.25) is 0 Å². The van der Waals surface area contributed by atoms with E-state index in [0.717, 1.165) is 31.6 Å². The standard InChI is InChI=1S/C14H22N2O2S2/c1-19-14(11-15)7-9-16(10-8-14)12-5-3-4-6-13(12)20(2,17)18/h3-6H,7-11,15H2,1-2H3. The summed E-state index contributed by atoms with van der Waals surface area (Å²) < 4.78 is 23.9. The molecule has 1 fully saturated rings. The van der Waals surface area contributed by atoms with Gasteiger partial charge in [0.2, 0.25) is 0 Å². The first-order valence-electron chi connectivity index (χ1n) is 6.71. The normalized spacial score (nSPS) is 19.1. The maximum Gasteiger partial charge on any atom is 0.177 e. The predicted molar refractivity (Wildman–Crippen MR) is 86.3 cm³/mol. The number of sulfone groups is 1. The molecule has 0 aromatic heterocycles. The maximum atomic E-state index is 11.9. The van der Waals surface area contributed by atoms with E-state index in [1.807, 2.05) is 23.9 Å². The van der Waals surface area contributed by atoms with E-state index in [1.165, 1.54) is 6.26 Å². The fourth-order valence-corrected chi connectivity index (χ4v) is 4.34. The van der Waals surface area contributed by atoms with Crippen LogP contribution in [0.4, 0.5) is 5.69 Å². The Morgan fingerprint density at radius 2 is 1.90 bits per heavy atom. The monoisotopic (exact) mass is 314 g/mol. The number of para-hydroxylation sites is 1. The van der Waals surface area contributed by atoms with Crippen molar-refractivity contribution in [1.82, 2.24) is 0 Å². The van der Waals surface area contributed by atoms with Crippen LogP contribution >= 0.6 is 11.8 Å². The van der Waals surface area contributed by atoms with Gasteiger partial charge in [0, 0.05) is 30.6 Å². The first kappa shape index (κ1) is 15.7. The Morgan fingerprint density at radius 3 is 2.40 bits per heavy atom. The lowest BCUT2D eigenvalue weighted by atomic mass is 9.95. The highest BCUT2D eigenvalue weighted by molar-refractivity contribution is 8.00. The number of hydrogen-bond donors (Lipinski definition) is 1. The van der Waals surface area contributed by atoms with E-state index in [2.05, 4.69) is 11.2 Å². The van der Waals surface area contributed by atoms with Gasteiger partial charge in [-0.25, -0.2) is 8.42 Å². The van der Waals surface area contributed by atoms with Crippen LogP contribution in [0.1, 0.15) is 12.8 Å². The van der Waals surface area contributed by atoms with Crippen molar-refractivity contribution >= 4 is 27.3 Å². The zero-order chi connectivity index (χ0) is 14.8. The molecule has 1 heterocycles. The van der Waals surface area contributed by atoms with Gasteiger partial charge in [-0.1, -0.05) is 12.1 Å². The van der Waals surface area contributed by atoms with Crippen LogP contribution in [0.3, 0.4) is 0 Å². The van der Waals surface area contributed by atoms with Crippen molar-refractivity contribution in [2.45, 2.75) is 22.5 Å². The molecule has 0 spiro atoms. The van der Waals surface area contributed by atoms with Crippen molar-refractivity contribution in [2.24, 2.45) is 5.73 Å². The highest BCUT2D eigenvalue weighted by atomic mass is 32.2. The number of benzene rings is 1. The van der Waals surface area contributed by atoms with Crippen LogP contribution in [0, 0.1) is 0 Å². The Hall–Kier alpha value is -0.720. The molecule has 2 rings (SSSR count). The van der Waals surface area contributed by atoms with Crippen LogP contribution in [-0.4, -0.2) is 45.3 Å². The summed E-state index contributed by atoms with van der Waals surface area (Å²) in [4.78, 5) is 2.59. The summed E-state index contributed by atoms with van der Waals surface area (Å²) in [5.41, 5.74) is 6.72. The SMILES string of the molecule is CSC1(CN)CCN(c2ccccc2S(C)(=O)=O)CC1. The number of rotatable bonds is 4.